The van der Waals surface area contributed by atoms with Gasteiger partial charge in [-0.25, -0.2) is 9.18 Å². The predicted octanol–water partition coefficient (Wildman–Crippen LogP) is 3.26. The molecule has 1 unspecified atom stereocenters. The van der Waals surface area contributed by atoms with Crippen molar-refractivity contribution in [2.24, 2.45) is 0 Å². The lowest BCUT2D eigenvalue weighted by Crippen LogP contribution is -2.40. The van der Waals surface area contributed by atoms with Crippen molar-refractivity contribution in [2.75, 3.05) is 6.54 Å². The van der Waals surface area contributed by atoms with Gasteiger partial charge in [0.1, 0.15) is 11.4 Å². The Hall–Kier alpha value is -1.62. The number of hydrogen-bond donors (Lipinski definition) is 1. The van der Waals surface area contributed by atoms with E-state index >= 15 is 0 Å². The number of rotatable bonds is 4. The Morgan fingerprint density at radius 3 is 2.43 bits per heavy atom. The molecule has 0 aromatic heterocycles. The van der Waals surface area contributed by atoms with Gasteiger partial charge in [0.25, 0.3) is 0 Å². The van der Waals surface area contributed by atoms with Crippen molar-refractivity contribution in [3.8, 4) is 0 Å². The van der Waals surface area contributed by atoms with Gasteiger partial charge >= 0.3 is 6.09 Å². The highest BCUT2D eigenvalue weighted by molar-refractivity contribution is 5.69. The van der Waals surface area contributed by atoms with Crippen LogP contribution in [0.1, 0.15) is 45.3 Å². The molecule has 0 aliphatic heterocycles. The Bertz CT molecular complexity index is 491. The van der Waals surface area contributed by atoms with Crippen LogP contribution >= 0.6 is 0 Å². The lowest BCUT2D eigenvalue weighted by atomic mass is 10.1. The molecule has 1 aliphatic carbocycles. The zero-order valence-corrected chi connectivity index (χ0v) is 12.7. The van der Waals surface area contributed by atoms with Crippen LogP contribution in [0.25, 0.3) is 0 Å². The van der Waals surface area contributed by atoms with Crippen molar-refractivity contribution >= 4 is 6.09 Å². The van der Waals surface area contributed by atoms with Crippen LogP contribution in [0, 0.1) is 5.82 Å². The first kappa shape index (κ1) is 15.8. The zero-order valence-electron chi connectivity index (χ0n) is 12.7. The third-order valence-electron chi connectivity index (χ3n) is 3.24. The molecule has 0 heterocycles. The summed E-state index contributed by atoms with van der Waals surface area (Å²) < 4.78 is 18.3. The summed E-state index contributed by atoms with van der Waals surface area (Å²) in [7, 11) is 0. The molecule has 1 aromatic rings. The maximum absolute atomic E-state index is 12.9. The number of halogens is 1. The van der Waals surface area contributed by atoms with Crippen LogP contribution in [-0.4, -0.2) is 34.3 Å². The number of amides is 1. The largest absolute Gasteiger partial charge is 0.444 e. The SMILES string of the molecule is CC(C)(C)OC(=O)N(CC(O)c1ccc(F)cc1)C1CC1. The molecule has 0 spiro atoms. The molecule has 21 heavy (non-hydrogen) atoms. The highest BCUT2D eigenvalue weighted by Gasteiger charge is 2.36. The number of benzene rings is 1. The summed E-state index contributed by atoms with van der Waals surface area (Å²) in [6.45, 7) is 5.59. The van der Waals surface area contributed by atoms with E-state index in [0.717, 1.165) is 12.8 Å². The smallest absolute Gasteiger partial charge is 0.410 e. The van der Waals surface area contributed by atoms with E-state index in [9.17, 15) is 14.3 Å². The van der Waals surface area contributed by atoms with Gasteiger partial charge in [-0.1, -0.05) is 12.1 Å². The number of ether oxygens (including phenoxy) is 1. The number of aliphatic hydroxyl groups is 1. The van der Waals surface area contributed by atoms with E-state index in [1.807, 2.05) is 20.8 Å². The third-order valence-corrected chi connectivity index (χ3v) is 3.24. The van der Waals surface area contributed by atoms with Gasteiger partial charge < -0.3 is 14.7 Å². The fourth-order valence-electron chi connectivity index (χ4n) is 2.06. The maximum Gasteiger partial charge on any atom is 0.410 e. The van der Waals surface area contributed by atoms with Crippen LogP contribution in [0.15, 0.2) is 24.3 Å². The van der Waals surface area contributed by atoms with Crippen LogP contribution in [-0.2, 0) is 4.74 Å². The van der Waals surface area contributed by atoms with Crippen LogP contribution in [0.2, 0.25) is 0 Å². The van der Waals surface area contributed by atoms with E-state index in [1.54, 1.807) is 4.90 Å². The van der Waals surface area contributed by atoms with Crippen molar-refractivity contribution < 1.29 is 19.0 Å². The Kier molecular flexibility index (Phi) is 4.52. The van der Waals surface area contributed by atoms with Crippen LogP contribution < -0.4 is 0 Å². The van der Waals surface area contributed by atoms with E-state index in [2.05, 4.69) is 0 Å². The van der Waals surface area contributed by atoms with E-state index in [0.29, 0.717) is 5.56 Å². The Balaban J connectivity index is 2.02. The molecule has 1 N–H and O–H groups in total. The Morgan fingerprint density at radius 2 is 1.95 bits per heavy atom. The average Bonchev–Trinajstić information content (AvgIpc) is 3.18. The second-order valence-electron chi connectivity index (χ2n) is 6.43. The highest BCUT2D eigenvalue weighted by atomic mass is 19.1. The van der Waals surface area contributed by atoms with Crippen molar-refractivity contribution in [3.63, 3.8) is 0 Å². The summed E-state index contributed by atoms with van der Waals surface area (Å²) in [6, 6.07) is 5.79. The Morgan fingerprint density at radius 1 is 1.38 bits per heavy atom. The fraction of sp³-hybridized carbons (Fsp3) is 0.562. The van der Waals surface area contributed by atoms with Crippen molar-refractivity contribution in [1.29, 1.82) is 0 Å². The number of carbonyl (C=O) groups excluding carboxylic acids is 1. The van der Waals surface area contributed by atoms with Gasteiger partial charge in [-0.3, -0.25) is 0 Å². The maximum atomic E-state index is 12.9. The molecule has 0 radical (unpaired) electrons. The lowest BCUT2D eigenvalue weighted by molar-refractivity contribution is 0.0124. The first-order chi connectivity index (χ1) is 9.76. The van der Waals surface area contributed by atoms with Crippen LogP contribution in [0.3, 0.4) is 0 Å². The topological polar surface area (TPSA) is 49.8 Å². The van der Waals surface area contributed by atoms with Gasteiger partial charge in [-0.15, -0.1) is 0 Å². The fourth-order valence-corrected chi connectivity index (χ4v) is 2.06. The van der Waals surface area contributed by atoms with Crippen molar-refractivity contribution in [1.82, 2.24) is 4.90 Å². The van der Waals surface area contributed by atoms with E-state index in [4.69, 9.17) is 4.74 Å². The number of carbonyl (C=O) groups is 1. The van der Waals surface area contributed by atoms with E-state index < -0.39 is 17.8 Å². The van der Waals surface area contributed by atoms with Crippen LogP contribution in [0.4, 0.5) is 9.18 Å². The minimum Gasteiger partial charge on any atom is -0.444 e. The van der Waals surface area contributed by atoms with Gasteiger partial charge in [0.15, 0.2) is 0 Å². The van der Waals surface area contributed by atoms with E-state index in [1.165, 1.54) is 24.3 Å². The molecule has 116 valence electrons. The molecule has 0 bridgehead atoms. The summed E-state index contributed by atoms with van der Waals surface area (Å²) in [5.74, 6) is -0.350. The number of aliphatic hydroxyl groups excluding tert-OH is 1. The molecule has 1 saturated carbocycles. The Labute approximate surface area is 124 Å². The highest BCUT2D eigenvalue weighted by Crippen LogP contribution is 2.30. The molecular formula is C16H22FNO3. The molecule has 1 aromatic carbocycles. The molecular weight excluding hydrogens is 273 g/mol. The monoisotopic (exact) mass is 295 g/mol. The van der Waals surface area contributed by atoms with Gasteiger partial charge in [-0.2, -0.15) is 0 Å². The molecule has 4 nitrogen and oxygen atoms in total. The quantitative estimate of drug-likeness (QED) is 0.927. The summed E-state index contributed by atoms with van der Waals surface area (Å²) in [5.41, 5.74) is 0.0241. The summed E-state index contributed by atoms with van der Waals surface area (Å²) in [5, 5.41) is 10.2. The second kappa shape index (κ2) is 6.02. The molecule has 1 atom stereocenters. The molecule has 1 aliphatic rings. The van der Waals surface area contributed by atoms with E-state index in [-0.39, 0.29) is 18.4 Å². The standard InChI is InChI=1S/C16H22FNO3/c1-16(2,3)21-15(20)18(13-8-9-13)10-14(19)11-4-6-12(17)7-5-11/h4-7,13-14,19H,8-10H2,1-3H3. The first-order valence-corrected chi connectivity index (χ1v) is 7.19. The third kappa shape index (κ3) is 4.70. The van der Waals surface area contributed by atoms with Gasteiger partial charge in [0, 0.05) is 6.04 Å². The molecule has 1 amide bonds. The molecule has 0 saturated heterocycles. The van der Waals surface area contributed by atoms with Crippen LogP contribution in [0.5, 0.6) is 0 Å². The molecule has 5 heteroatoms. The molecule has 1 fully saturated rings. The van der Waals surface area contributed by atoms with Gasteiger partial charge in [0.2, 0.25) is 0 Å². The number of hydrogen-bond acceptors (Lipinski definition) is 3. The minimum absolute atomic E-state index is 0.134. The predicted molar refractivity (Wildman–Crippen MR) is 77.3 cm³/mol. The summed E-state index contributed by atoms with van der Waals surface area (Å²) in [6.07, 6.45) is 0.593. The minimum atomic E-state index is -0.848. The second-order valence-corrected chi connectivity index (χ2v) is 6.43. The van der Waals surface area contributed by atoms with Gasteiger partial charge in [0.05, 0.1) is 12.6 Å². The average molecular weight is 295 g/mol. The lowest BCUT2D eigenvalue weighted by Gasteiger charge is -2.29. The summed E-state index contributed by atoms with van der Waals surface area (Å²) in [4.78, 5) is 13.8. The van der Waals surface area contributed by atoms with Gasteiger partial charge in [-0.05, 0) is 51.3 Å². The normalized spacial score (nSPS) is 16.4. The summed E-state index contributed by atoms with van der Waals surface area (Å²) >= 11 is 0. The molecule has 2 rings (SSSR count). The number of nitrogens with zero attached hydrogens (tertiary/aromatic N) is 1. The first-order valence-electron chi connectivity index (χ1n) is 7.19. The zero-order chi connectivity index (χ0) is 15.6. The van der Waals surface area contributed by atoms with Crippen molar-refractivity contribution in [2.45, 2.75) is 51.4 Å². The van der Waals surface area contributed by atoms with Crippen molar-refractivity contribution in [3.05, 3.63) is 35.6 Å².